The van der Waals surface area contributed by atoms with Crippen molar-refractivity contribution in [3.8, 4) is 6.07 Å². The van der Waals surface area contributed by atoms with Gasteiger partial charge in [-0.1, -0.05) is 24.8 Å². The zero-order chi connectivity index (χ0) is 12.5. The first-order valence-electron chi connectivity index (χ1n) is 5.06. The molecule has 1 aromatic rings. The van der Waals surface area contributed by atoms with Crippen molar-refractivity contribution in [3.05, 3.63) is 42.7 Å². The fraction of sp³-hybridized carbons (Fsp3) is 0.250. The van der Waals surface area contributed by atoms with E-state index in [1.807, 2.05) is 12.2 Å². The largest absolute Gasteiger partial charge is 0.419 e. The molecule has 0 aromatic carbocycles. The molecule has 0 amide bonds. The highest BCUT2D eigenvalue weighted by Crippen LogP contribution is 2.15. The Morgan fingerprint density at radius 1 is 1.53 bits per heavy atom. The zero-order valence-corrected chi connectivity index (χ0v) is 10.0. The maximum atomic E-state index is 8.37. The summed E-state index contributed by atoms with van der Waals surface area (Å²) in [6, 6.07) is 2.06. The van der Waals surface area contributed by atoms with Crippen LogP contribution in [0.5, 0.6) is 0 Å². The van der Waals surface area contributed by atoms with Crippen molar-refractivity contribution in [2.24, 2.45) is 0 Å². The Morgan fingerprint density at radius 3 is 2.94 bits per heavy atom. The molecule has 0 aliphatic carbocycles. The minimum atomic E-state index is 0.190. The summed E-state index contributed by atoms with van der Waals surface area (Å²) < 4.78 is 5.28. The van der Waals surface area contributed by atoms with Gasteiger partial charge in [-0.05, 0) is 12.5 Å². The third-order valence-electron chi connectivity index (χ3n) is 1.88. The molecule has 0 atom stereocenters. The topological polar surface area (TPSA) is 62.7 Å². The minimum Gasteiger partial charge on any atom is -0.419 e. The lowest BCUT2D eigenvalue weighted by Crippen LogP contribution is -1.79. The quantitative estimate of drug-likeness (QED) is 0.441. The molecule has 0 fully saturated rings. The van der Waals surface area contributed by atoms with Gasteiger partial charge in [0.2, 0.25) is 11.8 Å². The molecule has 5 heteroatoms. The second kappa shape index (κ2) is 7.42. The molecule has 0 saturated carbocycles. The number of unbranched alkanes of at least 4 members (excludes halogenated alkanes) is 1. The summed E-state index contributed by atoms with van der Waals surface area (Å²) >= 11 is 5.56. The normalized spacial score (nSPS) is 11.6. The van der Waals surface area contributed by atoms with Crippen LogP contribution in [-0.2, 0) is 5.88 Å². The van der Waals surface area contributed by atoms with E-state index in [1.165, 1.54) is 0 Å². The van der Waals surface area contributed by atoms with Crippen LogP contribution < -0.4 is 0 Å². The highest BCUT2D eigenvalue weighted by molar-refractivity contribution is 6.16. The summed E-state index contributed by atoms with van der Waals surface area (Å²) in [7, 11) is 0. The monoisotopic (exact) mass is 249 g/mol. The van der Waals surface area contributed by atoms with Crippen molar-refractivity contribution in [2.45, 2.75) is 18.7 Å². The molecule has 0 aliphatic rings. The van der Waals surface area contributed by atoms with E-state index in [0.717, 1.165) is 5.57 Å². The Morgan fingerprint density at radius 2 is 2.35 bits per heavy atom. The molecule has 17 heavy (non-hydrogen) atoms. The Bertz CT molecular complexity index is 468. The maximum absolute atomic E-state index is 8.37. The average molecular weight is 250 g/mol. The lowest BCUT2D eigenvalue weighted by atomic mass is 10.2. The fourth-order valence-corrected chi connectivity index (χ4v) is 1.17. The number of alkyl halides is 1. The Balaban J connectivity index is 2.70. The van der Waals surface area contributed by atoms with Crippen LogP contribution in [0.3, 0.4) is 0 Å². The van der Waals surface area contributed by atoms with Crippen molar-refractivity contribution in [2.75, 3.05) is 0 Å². The molecule has 0 unspecified atom stereocenters. The number of aromatic nitrogens is 2. The molecular formula is C12H12ClN3O. The lowest BCUT2D eigenvalue weighted by molar-refractivity contribution is 0.502. The van der Waals surface area contributed by atoms with E-state index in [1.54, 1.807) is 12.2 Å². The van der Waals surface area contributed by atoms with Gasteiger partial charge in [-0.25, -0.2) is 0 Å². The van der Waals surface area contributed by atoms with Crippen LogP contribution in [0.1, 0.15) is 24.6 Å². The van der Waals surface area contributed by atoms with Gasteiger partial charge < -0.3 is 4.42 Å². The molecule has 0 spiro atoms. The number of nitriles is 1. The van der Waals surface area contributed by atoms with Gasteiger partial charge in [0.1, 0.15) is 5.88 Å². The van der Waals surface area contributed by atoms with Gasteiger partial charge in [0.15, 0.2) is 0 Å². The van der Waals surface area contributed by atoms with Gasteiger partial charge in [0.25, 0.3) is 0 Å². The first-order chi connectivity index (χ1) is 8.31. The number of halogens is 1. The third-order valence-corrected chi connectivity index (χ3v) is 2.11. The van der Waals surface area contributed by atoms with Gasteiger partial charge in [-0.2, -0.15) is 5.26 Å². The summed E-state index contributed by atoms with van der Waals surface area (Å²) in [4.78, 5) is 0. The molecule has 88 valence electrons. The summed E-state index contributed by atoms with van der Waals surface area (Å²) in [5.74, 6) is 0.957. The zero-order valence-electron chi connectivity index (χ0n) is 9.27. The van der Waals surface area contributed by atoms with E-state index < -0.39 is 0 Å². The van der Waals surface area contributed by atoms with E-state index in [9.17, 15) is 0 Å². The van der Waals surface area contributed by atoms with Gasteiger partial charge in [-0.15, -0.1) is 21.8 Å². The van der Waals surface area contributed by atoms with Crippen molar-refractivity contribution >= 4 is 17.2 Å². The van der Waals surface area contributed by atoms with Crippen molar-refractivity contribution in [1.29, 1.82) is 5.26 Å². The summed E-state index contributed by atoms with van der Waals surface area (Å²) in [6.07, 6.45) is 8.37. The standard InChI is InChI=1S/C12H12ClN3O/c1-2-10(7-5-3-4-6-8-14)12-16-15-11(9-13)17-12/h2-3,5,7H,1,4,6,9H2/b5-3-,10-7+. The maximum Gasteiger partial charge on any atom is 0.247 e. The first-order valence-corrected chi connectivity index (χ1v) is 5.60. The second-order valence-electron chi connectivity index (χ2n) is 3.09. The number of hydrogen-bond acceptors (Lipinski definition) is 4. The van der Waals surface area contributed by atoms with E-state index >= 15 is 0 Å². The molecule has 1 heterocycles. The highest BCUT2D eigenvalue weighted by Gasteiger charge is 2.06. The van der Waals surface area contributed by atoms with Crippen LogP contribution in [0, 0.1) is 11.3 Å². The highest BCUT2D eigenvalue weighted by atomic mass is 35.5. The number of nitrogens with zero attached hydrogens (tertiary/aromatic N) is 3. The van der Waals surface area contributed by atoms with Gasteiger partial charge >= 0.3 is 0 Å². The Kier molecular flexibility index (Phi) is 5.76. The molecule has 0 radical (unpaired) electrons. The van der Waals surface area contributed by atoms with E-state index in [-0.39, 0.29) is 5.88 Å². The van der Waals surface area contributed by atoms with Crippen molar-refractivity contribution in [1.82, 2.24) is 10.2 Å². The smallest absolute Gasteiger partial charge is 0.247 e. The predicted molar refractivity (Wildman–Crippen MR) is 66.0 cm³/mol. The molecule has 0 bridgehead atoms. The number of allylic oxidation sites excluding steroid dienone is 5. The summed E-state index contributed by atoms with van der Waals surface area (Å²) in [5.41, 5.74) is 0.724. The SMILES string of the molecule is C=C/C(=C\C=C/CCC#N)c1nnc(CCl)o1. The van der Waals surface area contributed by atoms with Crippen LogP contribution >= 0.6 is 11.6 Å². The lowest BCUT2D eigenvalue weighted by Gasteiger charge is -1.91. The number of rotatable bonds is 6. The Labute approximate surface area is 105 Å². The van der Waals surface area contributed by atoms with Crippen molar-refractivity contribution in [3.63, 3.8) is 0 Å². The van der Waals surface area contributed by atoms with E-state index in [0.29, 0.717) is 24.6 Å². The van der Waals surface area contributed by atoms with Crippen molar-refractivity contribution < 1.29 is 4.42 Å². The van der Waals surface area contributed by atoms with Gasteiger partial charge in [-0.3, -0.25) is 0 Å². The van der Waals surface area contributed by atoms with E-state index in [2.05, 4.69) is 22.8 Å². The van der Waals surface area contributed by atoms with Crippen LogP contribution in [-0.4, -0.2) is 10.2 Å². The van der Waals surface area contributed by atoms with Crippen LogP contribution in [0.15, 0.2) is 35.3 Å². The number of hydrogen-bond donors (Lipinski definition) is 0. The first kappa shape index (κ1) is 13.2. The van der Waals surface area contributed by atoms with Gasteiger partial charge in [0, 0.05) is 12.0 Å². The molecule has 0 aliphatic heterocycles. The molecule has 4 nitrogen and oxygen atoms in total. The van der Waals surface area contributed by atoms with Gasteiger partial charge in [0.05, 0.1) is 6.07 Å². The molecule has 0 saturated heterocycles. The summed E-state index contributed by atoms with van der Waals surface area (Å²) in [5, 5.41) is 16.0. The molecule has 1 aromatic heterocycles. The molecule has 0 N–H and O–H groups in total. The summed E-state index contributed by atoms with van der Waals surface area (Å²) in [6.45, 7) is 3.67. The van der Waals surface area contributed by atoms with Crippen LogP contribution in [0.4, 0.5) is 0 Å². The average Bonchev–Trinajstić information content (AvgIpc) is 2.82. The second-order valence-corrected chi connectivity index (χ2v) is 3.35. The van der Waals surface area contributed by atoms with E-state index in [4.69, 9.17) is 21.3 Å². The predicted octanol–water partition coefficient (Wildman–Crippen LogP) is 3.24. The molecule has 1 rings (SSSR count). The van der Waals surface area contributed by atoms with Crippen LogP contribution in [0.2, 0.25) is 0 Å². The Hall–Kier alpha value is -1.86. The molecular weight excluding hydrogens is 238 g/mol. The minimum absolute atomic E-state index is 0.190. The third kappa shape index (κ3) is 4.25. The van der Waals surface area contributed by atoms with Crippen LogP contribution in [0.25, 0.3) is 5.57 Å². The fourth-order valence-electron chi connectivity index (χ4n) is 1.07.